The molecule has 2 rings (SSSR count). The standard InChI is InChI=1S/C12H15NO4S/c1-16-9-4-3-7(5-10(9)17-2)8-6-18-11(13-8)12(14)15/h3-5,8,11,13H,6H2,1-2H3,(H,14,15)/t8-,11+/m1/s1. The third-order valence-electron chi connectivity index (χ3n) is 2.82. The summed E-state index contributed by atoms with van der Waals surface area (Å²) >= 11 is 1.39. The van der Waals surface area contributed by atoms with E-state index in [4.69, 9.17) is 14.6 Å². The van der Waals surface area contributed by atoms with Crippen LogP contribution in [0.4, 0.5) is 0 Å². The largest absolute Gasteiger partial charge is 0.493 e. The average Bonchev–Trinajstić information content (AvgIpc) is 2.87. The molecule has 0 aromatic heterocycles. The first kappa shape index (κ1) is 13.0. The highest BCUT2D eigenvalue weighted by Crippen LogP contribution is 2.34. The summed E-state index contributed by atoms with van der Waals surface area (Å²) in [5, 5.41) is 11.5. The number of thioether (sulfide) groups is 1. The molecule has 0 saturated carbocycles. The molecule has 2 atom stereocenters. The lowest BCUT2D eigenvalue weighted by Gasteiger charge is -2.14. The first-order chi connectivity index (χ1) is 8.65. The number of aliphatic carboxylic acids is 1. The zero-order chi connectivity index (χ0) is 13.1. The minimum absolute atomic E-state index is 0.0240. The summed E-state index contributed by atoms with van der Waals surface area (Å²) in [6, 6.07) is 5.65. The van der Waals surface area contributed by atoms with Gasteiger partial charge in [-0.05, 0) is 17.7 Å². The van der Waals surface area contributed by atoms with Gasteiger partial charge in [0.05, 0.1) is 14.2 Å². The predicted molar refractivity (Wildman–Crippen MR) is 69.3 cm³/mol. The van der Waals surface area contributed by atoms with Crippen molar-refractivity contribution >= 4 is 17.7 Å². The number of methoxy groups -OCH3 is 2. The number of ether oxygens (including phenoxy) is 2. The van der Waals surface area contributed by atoms with Crippen molar-refractivity contribution in [1.29, 1.82) is 0 Å². The second-order valence-electron chi connectivity index (χ2n) is 3.89. The third-order valence-corrected chi connectivity index (χ3v) is 4.01. The number of hydrogen-bond donors (Lipinski definition) is 2. The Morgan fingerprint density at radius 3 is 2.67 bits per heavy atom. The van der Waals surface area contributed by atoms with Crippen LogP contribution in [-0.4, -0.2) is 36.4 Å². The Labute approximate surface area is 109 Å². The molecule has 1 heterocycles. The lowest BCUT2D eigenvalue weighted by molar-refractivity contribution is -0.137. The number of benzene rings is 1. The van der Waals surface area contributed by atoms with Crippen LogP contribution in [0.1, 0.15) is 11.6 Å². The van der Waals surface area contributed by atoms with Gasteiger partial charge < -0.3 is 14.6 Å². The van der Waals surface area contributed by atoms with E-state index in [1.54, 1.807) is 14.2 Å². The second kappa shape index (κ2) is 5.49. The van der Waals surface area contributed by atoms with E-state index >= 15 is 0 Å². The molecule has 0 unspecified atom stereocenters. The second-order valence-corrected chi connectivity index (χ2v) is 5.02. The molecular formula is C12H15NO4S. The van der Waals surface area contributed by atoms with E-state index < -0.39 is 11.3 Å². The maximum atomic E-state index is 10.9. The van der Waals surface area contributed by atoms with E-state index in [-0.39, 0.29) is 6.04 Å². The van der Waals surface area contributed by atoms with Crippen molar-refractivity contribution in [3.63, 3.8) is 0 Å². The van der Waals surface area contributed by atoms with Gasteiger partial charge in [-0.25, -0.2) is 4.79 Å². The molecule has 1 aliphatic rings. The SMILES string of the molecule is COc1ccc([C@H]2CS[C@@H](C(=O)O)N2)cc1OC. The minimum atomic E-state index is -0.831. The molecule has 18 heavy (non-hydrogen) atoms. The molecule has 1 saturated heterocycles. The highest BCUT2D eigenvalue weighted by atomic mass is 32.2. The van der Waals surface area contributed by atoms with Crippen molar-refractivity contribution < 1.29 is 19.4 Å². The molecule has 0 bridgehead atoms. The number of rotatable bonds is 4. The van der Waals surface area contributed by atoms with Gasteiger partial charge in [0.2, 0.25) is 0 Å². The van der Waals surface area contributed by atoms with Crippen LogP contribution in [0.2, 0.25) is 0 Å². The van der Waals surface area contributed by atoms with Crippen molar-refractivity contribution in [2.45, 2.75) is 11.4 Å². The molecule has 2 N–H and O–H groups in total. The van der Waals surface area contributed by atoms with Gasteiger partial charge in [0.1, 0.15) is 0 Å². The Hall–Kier alpha value is -1.40. The van der Waals surface area contributed by atoms with Crippen LogP contribution in [-0.2, 0) is 4.79 Å². The molecule has 6 heteroatoms. The van der Waals surface area contributed by atoms with Crippen molar-refractivity contribution in [2.24, 2.45) is 0 Å². The number of nitrogens with one attached hydrogen (secondary N) is 1. The summed E-state index contributed by atoms with van der Waals surface area (Å²) in [5.41, 5.74) is 1.00. The Balaban J connectivity index is 2.17. The fourth-order valence-electron chi connectivity index (χ4n) is 1.88. The van der Waals surface area contributed by atoms with Crippen LogP contribution in [0.25, 0.3) is 0 Å². The Bertz CT molecular complexity index is 452. The van der Waals surface area contributed by atoms with Crippen molar-refractivity contribution in [1.82, 2.24) is 5.32 Å². The smallest absolute Gasteiger partial charge is 0.331 e. The zero-order valence-electron chi connectivity index (χ0n) is 10.2. The lowest BCUT2D eigenvalue weighted by Crippen LogP contribution is -2.30. The van der Waals surface area contributed by atoms with Crippen LogP contribution < -0.4 is 14.8 Å². The Morgan fingerprint density at radius 1 is 1.39 bits per heavy atom. The van der Waals surface area contributed by atoms with Gasteiger partial charge in [0, 0.05) is 11.8 Å². The van der Waals surface area contributed by atoms with E-state index in [9.17, 15) is 4.79 Å². The molecule has 0 radical (unpaired) electrons. The number of carboxylic acids is 1. The monoisotopic (exact) mass is 269 g/mol. The van der Waals surface area contributed by atoms with Gasteiger partial charge in [-0.2, -0.15) is 0 Å². The summed E-state index contributed by atoms with van der Waals surface area (Å²) in [7, 11) is 3.17. The third kappa shape index (κ3) is 2.54. The molecule has 98 valence electrons. The van der Waals surface area contributed by atoms with Gasteiger partial charge in [-0.15, -0.1) is 11.8 Å². The topological polar surface area (TPSA) is 67.8 Å². The van der Waals surface area contributed by atoms with E-state index in [0.717, 1.165) is 11.3 Å². The maximum absolute atomic E-state index is 10.9. The van der Waals surface area contributed by atoms with Crippen molar-refractivity contribution in [3.05, 3.63) is 23.8 Å². The molecule has 5 nitrogen and oxygen atoms in total. The average molecular weight is 269 g/mol. The van der Waals surface area contributed by atoms with Crippen LogP contribution in [0, 0.1) is 0 Å². The fourth-order valence-corrected chi connectivity index (χ4v) is 2.95. The zero-order valence-corrected chi connectivity index (χ0v) is 11.0. The van der Waals surface area contributed by atoms with E-state index in [1.165, 1.54) is 11.8 Å². The Kier molecular flexibility index (Phi) is 3.98. The first-order valence-corrected chi connectivity index (χ1v) is 6.53. The summed E-state index contributed by atoms with van der Waals surface area (Å²) in [4.78, 5) is 10.9. The number of carboxylic acid groups (broad SMARTS) is 1. The highest BCUT2D eigenvalue weighted by Gasteiger charge is 2.30. The van der Waals surface area contributed by atoms with E-state index in [1.807, 2.05) is 18.2 Å². The molecular weight excluding hydrogens is 254 g/mol. The van der Waals surface area contributed by atoms with Crippen LogP contribution in [0.5, 0.6) is 11.5 Å². The van der Waals surface area contributed by atoms with Gasteiger partial charge in [-0.3, -0.25) is 5.32 Å². The lowest BCUT2D eigenvalue weighted by atomic mass is 10.1. The van der Waals surface area contributed by atoms with Crippen molar-refractivity contribution in [3.8, 4) is 11.5 Å². The van der Waals surface area contributed by atoms with Gasteiger partial charge >= 0.3 is 5.97 Å². The van der Waals surface area contributed by atoms with E-state index in [2.05, 4.69) is 5.32 Å². The molecule has 1 aromatic rings. The van der Waals surface area contributed by atoms with Crippen LogP contribution in [0.15, 0.2) is 18.2 Å². The molecule has 1 aliphatic heterocycles. The molecule has 1 fully saturated rings. The quantitative estimate of drug-likeness (QED) is 0.863. The van der Waals surface area contributed by atoms with Gasteiger partial charge in [0.25, 0.3) is 0 Å². The molecule has 0 amide bonds. The number of hydrogen-bond acceptors (Lipinski definition) is 5. The Morgan fingerprint density at radius 2 is 2.11 bits per heavy atom. The van der Waals surface area contributed by atoms with Gasteiger partial charge in [0.15, 0.2) is 16.9 Å². The van der Waals surface area contributed by atoms with E-state index in [0.29, 0.717) is 11.5 Å². The first-order valence-electron chi connectivity index (χ1n) is 5.48. The highest BCUT2D eigenvalue weighted by molar-refractivity contribution is 8.00. The van der Waals surface area contributed by atoms with Crippen LogP contribution >= 0.6 is 11.8 Å². The summed E-state index contributed by atoms with van der Waals surface area (Å²) in [5.74, 6) is 1.22. The molecule has 1 aromatic carbocycles. The number of carbonyl (C=O) groups is 1. The fraction of sp³-hybridized carbons (Fsp3) is 0.417. The summed E-state index contributed by atoms with van der Waals surface area (Å²) in [6.45, 7) is 0. The molecule has 0 spiro atoms. The van der Waals surface area contributed by atoms with Gasteiger partial charge in [-0.1, -0.05) is 6.07 Å². The molecule has 0 aliphatic carbocycles. The van der Waals surface area contributed by atoms with Crippen molar-refractivity contribution in [2.75, 3.05) is 20.0 Å². The minimum Gasteiger partial charge on any atom is -0.493 e. The normalized spacial score (nSPS) is 22.8. The summed E-state index contributed by atoms with van der Waals surface area (Å²) in [6.07, 6.45) is 0. The summed E-state index contributed by atoms with van der Waals surface area (Å²) < 4.78 is 10.4. The predicted octanol–water partition coefficient (Wildman–Crippen LogP) is 1.49. The maximum Gasteiger partial charge on any atom is 0.331 e. The van der Waals surface area contributed by atoms with Crippen LogP contribution in [0.3, 0.4) is 0 Å².